The standard InChI is InChI=1S/C19H16F4N4/c1-2-12-3-7-15(8-4-12)26-18-24-11-16(19(21,22)23)17(27-18)25-14-9-5-13(20)6-10-14/h3-11H,2H2,1H3,(H2,24,25,26,27). The van der Waals surface area contributed by atoms with Gasteiger partial charge in [0.25, 0.3) is 0 Å². The molecule has 2 N–H and O–H groups in total. The van der Waals surface area contributed by atoms with Crippen molar-refractivity contribution >= 4 is 23.1 Å². The van der Waals surface area contributed by atoms with Crippen LogP contribution >= 0.6 is 0 Å². The van der Waals surface area contributed by atoms with Crippen LogP contribution in [0.5, 0.6) is 0 Å². The van der Waals surface area contributed by atoms with Crippen molar-refractivity contribution in [2.45, 2.75) is 19.5 Å². The fourth-order valence-corrected chi connectivity index (χ4v) is 2.37. The van der Waals surface area contributed by atoms with E-state index in [1.54, 1.807) is 12.1 Å². The third kappa shape index (κ3) is 4.72. The molecule has 0 aliphatic rings. The first-order valence-electron chi connectivity index (χ1n) is 8.18. The molecule has 2 aromatic carbocycles. The molecule has 140 valence electrons. The normalized spacial score (nSPS) is 11.3. The van der Waals surface area contributed by atoms with Crippen molar-refractivity contribution in [3.8, 4) is 0 Å². The van der Waals surface area contributed by atoms with Crippen LogP contribution in [-0.4, -0.2) is 9.97 Å². The van der Waals surface area contributed by atoms with E-state index in [0.717, 1.165) is 24.1 Å². The summed E-state index contributed by atoms with van der Waals surface area (Å²) >= 11 is 0. The summed E-state index contributed by atoms with van der Waals surface area (Å²) in [6.45, 7) is 2.02. The maximum absolute atomic E-state index is 13.3. The molecular formula is C19H16F4N4. The molecule has 0 unspecified atom stereocenters. The average molecular weight is 376 g/mol. The van der Waals surface area contributed by atoms with E-state index >= 15 is 0 Å². The first kappa shape index (κ1) is 18.6. The maximum Gasteiger partial charge on any atom is 0.421 e. The number of nitrogens with one attached hydrogen (secondary N) is 2. The van der Waals surface area contributed by atoms with Crippen molar-refractivity contribution in [3.63, 3.8) is 0 Å². The van der Waals surface area contributed by atoms with Crippen molar-refractivity contribution < 1.29 is 17.6 Å². The summed E-state index contributed by atoms with van der Waals surface area (Å²) in [7, 11) is 0. The Balaban J connectivity index is 1.90. The molecule has 27 heavy (non-hydrogen) atoms. The predicted molar refractivity (Wildman–Crippen MR) is 95.8 cm³/mol. The summed E-state index contributed by atoms with van der Waals surface area (Å²) in [5.74, 6) is -0.897. The van der Waals surface area contributed by atoms with E-state index in [0.29, 0.717) is 11.9 Å². The second-order valence-corrected chi connectivity index (χ2v) is 5.76. The van der Waals surface area contributed by atoms with Crippen LogP contribution in [0.2, 0.25) is 0 Å². The number of rotatable bonds is 5. The molecule has 0 bridgehead atoms. The van der Waals surface area contributed by atoms with Gasteiger partial charge in [-0.2, -0.15) is 18.2 Å². The molecule has 0 radical (unpaired) electrons. The Morgan fingerprint density at radius 1 is 0.889 bits per heavy atom. The van der Waals surface area contributed by atoms with Crippen LogP contribution in [0.3, 0.4) is 0 Å². The fourth-order valence-electron chi connectivity index (χ4n) is 2.37. The summed E-state index contributed by atoms with van der Waals surface area (Å²) in [4.78, 5) is 7.70. The summed E-state index contributed by atoms with van der Waals surface area (Å²) < 4.78 is 52.8. The first-order chi connectivity index (χ1) is 12.8. The SMILES string of the molecule is CCc1ccc(Nc2ncc(C(F)(F)F)c(Nc3ccc(F)cc3)n2)cc1. The number of benzene rings is 2. The van der Waals surface area contributed by atoms with Crippen LogP contribution in [-0.2, 0) is 12.6 Å². The van der Waals surface area contributed by atoms with Crippen molar-refractivity contribution in [3.05, 3.63) is 71.7 Å². The Hall–Kier alpha value is -3.16. The van der Waals surface area contributed by atoms with Crippen molar-refractivity contribution in [2.24, 2.45) is 0 Å². The molecule has 8 heteroatoms. The van der Waals surface area contributed by atoms with Gasteiger partial charge in [0.15, 0.2) is 0 Å². The molecule has 0 amide bonds. The highest BCUT2D eigenvalue weighted by atomic mass is 19.4. The second-order valence-electron chi connectivity index (χ2n) is 5.76. The zero-order chi connectivity index (χ0) is 19.4. The van der Waals surface area contributed by atoms with E-state index in [2.05, 4.69) is 20.6 Å². The van der Waals surface area contributed by atoms with Gasteiger partial charge in [-0.15, -0.1) is 0 Å². The third-order valence-electron chi connectivity index (χ3n) is 3.82. The summed E-state index contributed by atoms with van der Waals surface area (Å²) in [5.41, 5.74) is 1.05. The van der Waals surface area contributed by atoms with Gasteiger partial charge in [0, 0.05) is 17.6 Å². The Kier molecular flexibility index (Phi) is 5.25. The molecule has 0 saturated heterocycles. The van der Waals surface area contributed by atoms with Gasteiger partial charge in [0.2, 0.25) is 5.95 Å². The highest BCUT2D eigenvalue weighted by Gasteiger charge is 2.35. The number of aryl methyl sites for hydroxylation is 1. The molecule has 0 spiro atoms. The fraction of sp³-hybridized carbons (Fsp3) is 0.158. The van der Waals surface area contributed by atoms with E-state index in [1.165, 1.54) is 12.1 Å². The maximum atomic E-state index is 13.3. The summed E-state index contributed by atoms with van der Waals surface area (Å²) in [5, 5.41) is 5.45. The largest absolute Gasteiger partial charge is 0.421 e. The van der Waals surface area contributed by atoms with Crippen LogP contribution in [0.1, 0.15) is 18.1 Å². The lowest BCUT2D eigenvalue weighted by atomic mass is 10.1. The zero-order valence-corrected chi connectivity index (χ0v) is 14.3. The number of hydrogen-bond acceptors (Lipinski definition) is 4. The number of aromatic nitrogens is 2. The van der Waals surface area contributed by atoms with Gasteiger partial charge < -0.3 is 10.6 Å². The molecular weight excluding hydrogens is 360 g/mol. The topological polar surface area (TPSA) is 49.8 Å². The monoisotopic (exact) mass is 376 g/mol. The molecule has 3 rings (SSSR count). The molecule has 1 aromatic heterocycles. The number of anilines is 4. The third-order valence-corrected chi connectivity index (χ3v) is 3.82. The molecule has 0 aliphatic carbocycles. The van der Waals surface area contributed by atoms with E-state index in [-0.39, 0.29) is 11.6 Å². The van der Waals surface area contributed by atoms with Crippen LogP contribution in [0, 0.1) is 5.82 Å². The summed E-state index contributed by atoms with van der Waals surface area (Å²) in [6, 6.07) is 12.4. The summed E-state index contributed by atoms with van der Waals surface area (Å²) in [6.07, 6.45) is -3.05. The molecule has 0 fully saturated rings. The van der Waals surface area contributed by atoms with Gasteiger partial charge >= 0.3 is 6.18 Å². The van der Waals surface area contributed by atoms with Crippen LogP contribution in [0.4, 0.5) is 40.7 Å². The lowest BCUT2D eigenvalue weighted by Crippen LogP contribution is -2.12. The highest BCUT2D eigenvalue weighted by molar-refractivity contribution is 5.62. The Bertz CT molecular complexity index is 906. The number of hydrogen-bond donors (Lipinski definition) is 2. The highest BCUT2D eigenvalue weighted by Crippen LogP contribution is 2.35. The Labute approximate surface area is 153 Å². The zero-order valence-electron chi connectivity index (χ0n) is 14.3. The number of halogens is 4. The van der Waals surface area contributed by atoms with Gasteiger partial charge in [0.1, 0.15) is 17.2 Å². The number of alkyl halides is 3. The first-order valence-corrected chi connectivity index (χ1v) is 8.18. The predicted octanol–water partition coefficient (Wildman–Crippen LogP) is 5.68. The van der Waals surface area contributed by atoms with E-state index in [9.17, 15) is 17.6 Å². The lowest BCUT2D eigenvalue weighted by Gasteiger charge is -2.15. The van der Waals surface area contributed by atoms with Gasteiger partial charge in [-0.3, -0.25) is 0 Å². The molecule has 0 aliphatic heterocycles. The quantitative estimate of drug-likeness (QED) is 0.562. The molecule has 0 atom stereocenters. The minimum atomic E-state index is -4.64. The molecule has 3 aromatic rings. The number of nitrogens with zero attached hydrogens (tertiary/aromatic N) is 2. The van der Waals surface area contributed by atoms with Gasteiger partial charge in [-0.1, -0.05) is 19.1 Å². The van der Waals surface area contributed by atoms with Crippen molar-refractivity contribution in [1.29, 1.82) is 0 Å². The molecule has 1 heterocycles. The molecule has 0 saturated carbocycles. The lowest BCUT2D eigenvalue weighted by molar-refractivity contribution is -0.137. The Morgan fingerprint density at radius 3 is 2.07 bits per heavy atom. The van der Waals surface area contributed by atoms with Crippen LogP contribution in [0.15, 0.2) is 54.7 Å². The Morgan fingerprint density at radius 2 is 1.48 bits per heavy atom. The van der Waals surface area contributed by atoms with Gasteiger partial charge in [0.05, 0.1) is 0 Å². The van der Waals surface area contributed by atoms with Gasteiger partial charge in [-0.05, 0) is 48.4 Å². The second kappa shape index (κ2) is 7.61. The minimum absolute atomic E-state index is 0.0110. The average Bonchev–Trinajstić information content (AvgIpc) is 2.63. The van der Waals surface area contributed by atoms with Crippen molar-refractivity contribution in [2.75, 3.05) is 10.6 Å². The van der Waals surface area contributed by atoms with Crippen molar-refractivity contribution in [1.82, 2.24) is 9.97 Å². The van der Waals surface area contributed by atoms with E-state index in [4.69, 9.17) is 0 Å². The van der Waals surface area contributed by atoms with E-state index in [1.807, 2.05) is 19.1 Å². The smallest absolute Gasteiger partial charge is 0.340 e. The van der Waals surface area contributed by atoms with Gasteiger partial charge in [-0.25, -0.2) is 9.37 Å². The van der Waals surface area contributed by atoms with Crippen LogP contribution in [0.25, 0.3) is 0 Å². The van der Waals surface area contributed by atoms with E-state index < -0.39 is 23.4 Å². The minimum Gasteiger partial charge on any atom is -0.340 e. The van der Waals surface area contributed by atoms with Crippen LogP contribution < -0.4 is 10.6 Å². The molecule has 4 nitrogen and oxygen atoms in total.